The SMILES string of the molecule is CC(=O)c1ccc(NC(=O)C2(C(=O)NCCC3=CCCCC3)CC2)cc1. The van der Waals surface area contributed by atoms with Gasteiger partial charge in [-0.1, -0.05) is 11.6 Å². The van der Waals surface area contributed by atoms with Gasteiger partial charge in [-0.2, -0.15) is 0 Å². The van der Waals surface area contributed by atoms with Crippen LogP contribution in [0.1, 0.15) is 62.2 Å². The Kier molecular flexibility index (Phi) is 5.55. The number of carbonyl (C=O) groups is 3. The summed E-state index contributed by atoms with van der Waals surface area (Å²) in [7, 11) is 0. The molecular weight excluding hydrogens is 328 g/mol. The molecule has 0 aliphatic heterocycles. The molecule has 0 bridgehead atoms. The monoisotopic (exact) mass is 354 g/mol. The molecule has 2 aliphatic rings. The molecule has 5 heteroatoms. The number of amides is 2. The first-order chi connectivity index (χ1) is 12.5. The maximum atomic E-state index is 12.6. The minimum Gasteiger partial charge on any atom is -0.355 e. The largest absolute Gasteiger partial charge is 0.355 e. The van der Waals surface area contributed by atoms with E-state index in [4.69, 9.17) is 0 Å². The summed E-state index contributed by atoms with van der Waals surface area (Å²) in [5.74, 6) is -0.455. The maximum Gasteiger partial charge on any atom is 0.240 e. The average molecular weight is 354 g/mol. The number of allylic oxidation sites excluding steroid dienone is 1. The molecule has 26 heavy (non-hydrogen) atoms. The number of carbonyl (C=O) groups excluding carboxylic acids is 3. The van der Waals surface area contributed by atoms with Crippen molar-refractivity contribution in [1.82, 2.24) is 5.32 Å². The van der Waals surface area contributed by atoms with Gasteiger partial charge in [0.25, 0.3) is 0 Å². The number of Topliss-reactive ketones (excluding diaryl/α,β-unsaturated/α-hetero) is 1. The van der Waals surface area contributed by atoms with E-state index in [0.717, 1.165) is 19.3 Å². The second kappa shape index (κ2) is 7.85. The van der Waals surface area contributed by atoms with Crippen LogP contribution in [0.2, 0.25) is 0 Å². The first kappa shape index (κ1) is 18.4. The number of benzene rings is 1. The third-order valence-corrected chi connectivity index (χ3v) is 5.29. The first-order valence-electron chi connectivity index (χ1n) is 9.40. The first-order valence-corrected chi connectivity index (χ1v) is 9.40. The molecule has 0 spiro atoms. The van der Waals surface area contributed by atoms with Crippen LogP contribution in [0.4, 0.5) is 5.69 Å². The molecule has 1 saturated carbocycles. The predicted octanol–water partition coefficient (Wildman–Crippen LogP) is 3.61. The molecule has 1 aromatic carbocycles. The van der Waals surface area contributed by atoms with Crippen LogP contribution in [0.5, 0.6) is 0 Å². The van der Waals surface area contributed by atoms with Gasteiger partial charge in [0.15, 0.2) is 5.78 Å². The van der Waals surface area contributed by atoms with Crippen molar-refractivity contribution < 1.29 is 14.4 Å². The van der Waals surface area contributed by atoms with Crippen LogP contribution in [-0.4, -0.2) is 24.1 Å². The lowest BCUT2D eigenvalue weighted by molar-refractivity contribution is -0.134. The lowest BCUT2D eigenvalue weighted by Gasteiger charge is -2.17. The van der Waals surface area contributed by atoms with Gasteiger partial charge in [0.2, 0.25) is 11.8 Å². The number of nitrogens with one attached hydrogen (secondary N) is 2. The van der Waals surface area contributed by atoms with Crippen molar-refractivity contribution in [3.05, 3.63) is 41.5 Å². The van der Waals surface area contributed by atoms with Gasteiger partial charge in [0, 0.05) is 17.8 Å². The van der Waals surface area contributed by atoms with Crippen LogP contribution >= 0.6 is 0 Å². The van der Waals surface area contributed by atoms with E-state index in [0.29, 0.717) is 30.6 Å². The zero-order chi connectivity index (χ0) is 18.6. The fraction of sp³-hybridized carbons (Fsp3) is 0.476. The summed E-state index contributed by atoms with van der Waals surface area (Å²) in [4.78, 5) is 36.4. The van der Waals surface area contributed by atoms with Crippen molar-refractivity contribution >= 4 is 23.3 Å². The minimum absolute atomic E-state index is 0.0194. The van der Waals surface area contributed by atoms with Crippen LogP contribution in [0, 0.1) is 5.41 Å². The molecule has 0 unspecified atom stereocenters. The van der Waals surface area contributed by atoms with Crippen LogP contribution < -0.4 is 10.6 Å². The zero-order valence-corrected chi connectivity index (χ0v) is 15.3. The summed E-state index contributed by atoms with van der Waals surface area (Å²) < 4.78 is 0. The highest BCUT2D eigenvalue weighted by molar-refractivity contribution is 6.13. The van der Waals surface area contributed by atoms with Crippen molar-refractivity contribution in [2.45, 2.75) is 51.9 Å². The third kappa shape index (κ3) is 4.21. The molecule has 0 atom stereocenters. The average Bonchev–Trinajstić information content (AvgIpc) is 3.45. The topological polar surface area (TPSA) is 75.3 Å². The molecule has 3 rings (SSSR count). The number of hydrogen-bond acceptors (Lipinski definition) is 3. The van der Waals surface area contributed by atoms with E-state index < -0.39 is 5.41 Å². The van der Waals surface area contributed by atoms with Gasteiger partial charge < -0.3 is 10.6 Å². The highest BCUT2D eigenvalue weighted by Crippen LogP contribution is 2.46. The van der Waals surface area contributed by atoms with Crippen molar-refractivity contribution in [3.63, 3.8) is 0 Å². The molecule has 0 radical (unpaired) electrons. The van der Waals surface area contributed by atoms with Gasteiger partial charge in [-0.15, -0.1) is 0 Å². The zero-order valence-electron chi connectivity index (χ0n) is 15.3. The van der Waals surface area contributed by atoms with E-state index >= 15 is 0 Å². The van der Waals surface area contributed by atoms with Crippen molar-refractivity contribution in [2.75, 3.05) is 11.9 Å². The van der Waals surface area contributed by atoms with Gasteiger partial charge >= 0.3 is 0 Å². The van der Waals surface area contributed by atoms with Gasteiger partial charge in [0.05, 0.1) is 0 Å². The Morgan fingerprint density at radius 1 is 1.04 bits per heavy atom. The molecule has 2 amide bonds. The molecule has 2 aliphatic carbocycles. The Bertz CT molecular complexity index is 730. The molecular formula is C21H26N2O3. The summed E-state index contributed by atoms with van der Waals surface area (Å²) in [6.07, 6.45) is 9.06. The normalized spacial score (nSPS) is 17.8. The molecule has 2 N–H and O–H groups in total. The minimum atomic E-state index is -0.930. The molecule has 5 nitrogen and oxygen atoms in total. The summed E-state index contributed by atoms with van der Waals surface area (Å²) in [6.45, 7) is 2.09. The van der Waals surface area contributed by atoms with Crippen molar-refractivity contribution in [3.8, 4) is 0 Å². The van der Waals surface area contributed by atoms with Crippen LogP contribution in [-0.2, 0) is 9.59 Å². The maximum absolute atomic E-state index is 12.6. The highest BCUT2D eigenvalue weighted by atomic mass is 16.2. The van der Waals surface area contributed by atoms with E-state index in [1.807, 2.05) is 0 Å². The Hall–Kier alpha value is -2.43. The van der Waals surface area contributed by atoms with E-state index in [1.165, 1.54) is 25.3 Å². The lowest BCUT2D eigenvalue weighted by atomic mass is 9.97. The molecule has 1 fully saturated rings. The molecule has 138 valence electrons. The predicted molar refractivity (Wildman–Crippen MR) is 101 cm³/mol. The van der Waals surface area contributed by atoms with Gasteiger partial charge in [-0.05, 0) is 76.1 Å². The molecule has 0 saturated heterocycles. The fourth-order valence-electron chi connectivity index (χ4n) is 3.36. The standard InChI is InChI=1S/C21H26N2O3/c1-15(24)17-7-9-18(10-8-17)23-20(26)21(12-13-21)19(25)22-14-11-16-5-3-2-4-6-16/h5,7-10H,2-4,6,11-14H2,1H3,(H,22,25)(H,23,26). The number of hydrogen-bond donors (Lipinski definition) is 2. The highest BCUT2D eigenvalue weighted by Gasteiger charge is 2.56. The van der Waals surface area contributed by atoms with E-state index in [-0.39, 0.29) is 17.6 Å². The molecule has 0 aromatic heterocycles. The summed E-state index contributed by atoms with van der Waals surface area (Å²) in [5, 5.41) is 5.75. The van der Waals surface area contributed by atoms with Gasteiger partial charge in [-0.3, -0.25) is 14.4 Å². The molecule has 0 heterocycles. The Morgan fingerprint density at radius 2 is 1.77 bits per heavy atom. The summed E-state index contributed by atoms with van der Waals surface area (Å²) in [5.41, 5.74) is 1.68. The summed E-state index contributed by atoms with van der Waals surface area (Å²) in [6, 6.07) is 6.74. The number of rotatable bonds is 7. The number of ketones is 1. The second-order valence-electron chi connectivity index (χ2n) is 7.28. The van der Waals surface area contributed by atoms with E-state index in [2.05, 4.69) is 16.7 Å². The van der Waals surface area contributed by atoms with Gasteiger partial charge in [-0.25, -0.2) is 0 Å². The van der Waals surface area contributed by atoms with E-state index in [9.17, 15) is 14.4 Å². The van der Waals surface area contributed by atoms with E-state index in [1.54, 1.807) is 24.3 Å². The van der Waals surface area contributed by atoms with Crippen LogP contribution in [0.3, 0.4) is 0 Å². The van der Waals surface area contributed by atoms with Gasteiger partial charge in [0.1, 0.15) is 5.41 Å². The number of anilines is 1. The Labute approximate surface area is 154 Å². The summed E-state index contributed by atoms with van der Waals surface area (Å²) >= 11 is 0. The quantitative estimate of drug-likeness (QED) is 0.446. The lowest BCUT2D eigenvalue weighted by Crippen LogP contribution is -2.40. The Morgan fingerprint density at radius 3 is 2.35 bits per heavy atom. The van der Waals surface area contributed by atoms with Crippen molar-refractivity contribution in [2.24, 2.45) is 5.41 Å². The Balaban J connectivity index is 1.52. The molecule has 1 aromatic rings. The smallest absolute Gasteiger partial charge is 0.240 e. The second-order valence-corrected chi connectivity index (χ2v) is 7.28. The van der Waals surface area contributed by atoms with Crippen LogP contribution in [0.25, 0.3) is 0 Å². The van der Waals surface area contributed by atoms with Crippen molar-refractivity contribution in [1.29, 1.82) is 0 Å². The third-order valence-electron chi connectivity index (χ3n) is 5.29. The fourth-order valence-corrected chi connectivity index (χ4v) is 3.36. The van der Waals surface area contributed by atoms with Crippen LogP contribution in [0.15, 0.2) is 35.9 Å².